The third kappa shape index (κ3) is 2.20. The molecular formula is C16H14ClN3O. The molecule has 1 aromatic carbocycles. The maximum Gasteiger partial charge on any atom is 0.229 e. The third-order valence-corrected chi connectivity index (χ3v) is 4.72. The fourth-order valence-corrected chi connectivity index (χ4v) is 3.68. The normalized spacial score (nSPS) is 25.7. The predicted octanol–water partition coefficient (Wildman–Crippen LogP) is 3.04. The lowest BCUT2D eigenvalue weighted by Gasteiger charge is -2.13. The van der Waals surface area contributed by atoms with E-state index < -0.39 is 0 Å². The van der Waals surface area contributed by atoms with Gasteiger partial charge in [-0.25, -0.2) is 9.97 Å². The molecule has 1 amide bonds. The third-order valence-electron chi connectivity index (χ3n) is 4.52. The topological polar surface area (TPSA) is 54.9 Å². The highest BCUT2D eigenvalue weighted by atomic mass is 35.5. The van der Waals surface area contributed by atoms with Gasteiger partial charge in [0.15, 0.2) is 0 Å². The Morgan fingerprint density at radius 2 is 2.14 bits per heavy atom. The molecule has 21 heavy (non-hydrogen) atoms. The number of aryl methyl sites for hydroxylation is 1. The van der Waals surface area contributed by atoms with Gasteiger partial charge in [-0.2, -0.15) is 0 Å². The molecule has 3 unspecified atom stereocenters. The summed E-state index contributed by atoms with van der Waals surface area (Å²) < 4.78 is 0. The van der Waals surface area contributed by atoms with Gasteiger partial charge in [0.2, 0.25) is 5.91 Å². The van der Waals surface area contributed by atoms with Crippen LogP contribution in [0.2, 0.25) is 5.15 Å². The Labute approximate surface area is 127 Å². The highest BCUT2D eigenvalue weighted by molar-refractivity contribution is 6.29. The molecule has 1 saturated carbocycles. The van der Waals surface area contributed by atoms with Gasteiger partial charge in [-0.1, -0.05) is 35.9 Å². The van der Waals surface area contributed by atoms with Crippen LogP contribution in [0.5, 0.6) is 0 Å². The highest BCUT2D eigenvalue weighted by Crippen LogP contribution is 2.60. The molecule has 0 radical (unpaired) electrons. The SMILES string of the molecule is O=C(Nc1cc(Cl)ncn1)C1C2CCc3ccccc3C21. The summed E-state index contributed by atoms with van der Waals surface area (Å²) in [5.74, 6) is 1.40. The summed E-state index contributed by atoms with van der Waals surface area (Å²) in [6, 6.07) is 10.0. The lowest BCUT2D eigenvalue weighted by atomic mass is 9.92. The van der Waals surface area contributed by atoms with Crippen LogP contribution in [0.15, 0.2) is 36.7 Å². The molecule has 0 bridgehead atoms. The molecule has 4 rings (SSSR count). The quantitative estimate of drug-likeness (QED) is 0.867. The second-order valence-corrected chi connectivity index (χ2v) is 6.06. The van der Waals surface area contributed by atoms with E-state index in [2.05, 4.69) is 39.6 Å². The Kier molecular flexibility index (Phi) is 2.93. The molecule has 0 spiro atoms. The number of nitrogens with zero attached hydrogens (tertiary/aromatic N) is 2. The van der Waals surface area contributed by atoms with Crippen LogP contribution in [0, 0.1) is 11.8 Å². The lowest BCUT2D eigenvalue weighted by molar-refractivity contribution is -0.117. The van der Waals surface area contributed by atoms with Gasteiger partial charge in [0, 0.05) is 12.0 Å². The molecule has 0 saturated heterocycles. The van der Waals surface area contributed by atoms with Gasteiger partial charge in [-0.05, 0) is 35.8 Å². The summed E-state index contributed by atoms with van der Waals surface area (Å²) >= 11 is 5.81. The molecule has 1 aromatic heterocycles. The number of hydrogen-bond acceptors (Lipinski definition) is 3. The van der Waals surface area contributed by atoms with Crippen LogP contribution in [-0.2, 0) is 11.2 Å². The number of carbonyl (C=O) groups excluding carboxylic acids is 1. The van der Waals surface area contributed by atoms with Crippen molar-refractivity contribution in [3.8, 4) is 0 Å². The van der Waals surface area contributed by atoms with Crippen molar-refractivity contribution in [3.05, 3.63) is 52.9 Å². The highest BCUT2D eigenvalue weighted by Gasteiger charge is 2.56. The zero-order valence-electron chi connectivity index (χ0n) is 11.3. The molecular weight excluding hydrogens is 286 g/mol. The number of fused-ring (bicyclic) bond motifs is 3. The fourth-order valence-electron chi connectivity index (χ4n) is 3.54. The largest absolute Gasteiger partial charge is 0.310 e. The van der Waals surface area contributed by atoms with Crippen molar-refractivity contribution in [1.82, 2.24) is 9.97 Å². The van der Waals surface area contributed by atoms with Crippen molar-refractivity contribution in [2.75, 3.05) is 5.32 Å². The summed E-state index contributed by atoms with van der Waals surface area (Å²) in [6.07, 6.45) is 3.51. The summed E-state index contributed by atoms with van der Waals surface area (Å²) in [5.41, 5.74) is 2.73. The van der Waals surface area contributed by atoms with E-state index in [0.717, 1.165) is 12.8 Å². The van der Waals surface area contributed by atoms with Crippen molar-refractivity contribution in [2.45, 2.75) is 18.8 Å². The van der Waals surface area contributed by atoms with Crippen molar-refractivity contribution < 1.29 is 4.79 Å². The predicted molar refractivity (Wildman–Crippen MR) is 80.2 cm³/mol. The van der Waals surface area contributed by atoms with E-state index in [1.165, 1.54) is 17.5 Å². The van der Waals surface area contributed by atoms with E-state index in [4.69, 9.17) is 11.6 Å². The number of carbonyl (C=O) groups is 1. The number of hydrogen-bond donors (Lipinski definition) is 1. The minimum Gasteiger partial charge on any atom is -0.310 e. The minimum atomic E-state index is 0.0384. The number of nitrogens with one attached hydrogen (secondary N) is 1. The lowest BCUT2D eigenvalue weighted by Crippen LogP contribution is -2.16. The van der Waals surface area contributed by atoms with Crippen LogP contribution in [0.25, 0.3) is 0 Å². The van der Waals surface area contributed by atoms with Gasteiger partial charge < -0.3 is 5.32 Å². The molecule has 5 heteroatoms. The summed E-state index contributed by atoms with van der Waals surface area (Å²) in [5, 5.41) is 3.19. The maximum atomic E-state index is 12.4. The van der Waals surface area contributed by atoms with Crippen molar-refractivity contribution in [3.63, 3.8) is 0 Å². The Bertz CT molecular complexity index is 718. The number of amides is 1. The van der Waals surface area contributed by atoms with Crippen LogP contribution < -0.4 is 5.32 Å². The Balaban J connectivity index is 1.53. The maximum absolute atomic E-state index is 12.4. The van der Waals surface area contributed by atoms with Gasteiger partial charge in [0.1, 0.15) is 17.3 Å². The van der Waals surface area contributed by atoms with Crippen LogP contribution in [0.1, 0.15) is 23.5 Å². The molecule has 4 nitrogen and oxygen atoms in total. The number of halogens is 1. The minimum absolute atomic E-state index is 0.0384. The average Bonchev–Trinajstić information content (AvgIpc) is 3.22. The number of rotatable bonds is 2. The molecule has 106 valence electrons. The zero-order valence-corrected chi connectivity index (χ0v) is 12.0. The molecule has 3 atom stereocenters. The van der Waals surface area contributed by atoms with Gasteiger partial charge >= 0.3 is 0 Å². The first-order valence-electron chi connectivity index (χ1n) is 7.10. The second kappa shape index (κ2) is 4.81. The first-order chi connectivity index (χ1) is 10.2. The average molecular weight is 300 g/mol. The van der Waals surface area contributed by atoms with E-state index in [9.17, 15) is 4.79 Å². The summed E-state index contributed by atoms with van der Waals surface area (Å²) in [4.78, 5) is 20.3. The Morgan fingerprint density at radius 1 is 1.29 bits per heavy atom. The van der Waals surface area contributed by atoms with E-state index in [1.807, 2.05) is 0 Å². The molecule has 1 fully saturated rings. The van der Waals surface area contributed by atoms with E-state index in [0.29, 0.717) is 22.8 Å². The molecule has 2 aromatic rings. The first-order valence-corrected chi connectivity index (χ1v) is 7.48. The van der Waals surface area contributed by atoms with Crippen molar-refractivity contribution in [2.24, 2.45) is 11.8 Å². The van der Waals surface area contributed by atoms with Gasteiger partial charge in [0.05, 0.1) is 0 Å². The van der Waals surface area contributed by atoms with Gasteiger partial charge in [-0.3, -0.25) is 4.79 Å². The monoisotopic (exact) mass is 299 g/mol. The molecule has 2 aliphatic rings. The van der Waals surface area contributed by atoms with E-state index >= 15 is 0 Å². The number of benzene rings is 1. The van der Waals surface area contributed by atoms with Crippen molar-refractivity contribution >= 4 is 23.3 Å². The van der Waals surface area contributed by atoms with Gasteiger partial charge in [-0.15, -0.1) is 0 Å². The van der Waals surface area contributed by atoms with Crippen LogP contribution >= 0.6 is 11.6 Å². The zero-order chi connectivity index (χ0) is 14.4. The Morgan fingerprint density at radius 3 is 3.00 bits per heavy atom. The van der Waals surface area contributed by atoms with Gasteiger partial charge in [0.25, 0.3) is 0 Å². The summed E-state index contributed by atoms with van der Waals surface area (Å²) in [7, 11) is 0. The van der Waals surface area contributed by atoms with E-state index in [1.54, 1.807) is 6.07 Å². The Hall–Kier alpha value is -1.94. The number of anilines is 1. The standard InChI is InChI=1S/C16H14ClN3O/c17-12-7-13(19-8-18-12)20-16(21)15-11-6-5-9-3-1-2-4-10(9)14(11)15/h1-4,7-8,11,14-15H,5-6H2,(H,18,19,20,21). The summed E-state index contributed by atoms with van der Waals surface area (Å²) in [6.45, 7) is 0. The van der Waals surface area contributed by atoms with Crippen LogP contribution in [0.4, 0.5) is 5.82 Å². The number of aromatic nitrogens is 2. The molecule has 1 N–H and O–H groups in total. The molecule has 1 heterocycles. The fraction of sp³-hybridized carbons (Fsp3) is 0.312. The molecule has 0 aliphatic heterocycles. The van der Waals surface area contributed by atoms with Crippen LogP contribution in [0.3, 0.4) is 0 Å². The van der Waals surface area contributed by atoms with Crippen molar-refractivity contribution in [1.29, 1.82) is 0 Å². The second-order valence-electron chi connectivity index (χ2n) is 5.67. The van der Waals surface area contributed by atoms with E-state index in [-0.39, 0.29) is 11.8 Å². The first kappa shape index (κ1) is 12.8. The molecule has 2 aliphatic carbocycles. The smallest absolute Gasteiger partial charge is 0.229 e. The van der Waals surface area contributed by atoms with Crippen LogP contribution in [-0.4, -0.2) is 15.9 Å².